The lowest BCUT2D eigenvalue weighted by molar-refractivity contribution is 0.0549. The monoisotopic (exact) mass is 686 g/mol. The number of amides is 1. The highest BCUT2D eigenvalue weighted by molar-refractivity contribution is 6.02. The van der Waals surface area contributed by atoms with E-state index in [1.807, 2.05) is 41.1 Å². The molecule has 1 amide bonds. The van der Waals surface area contributed by atoms with Gasteiger partial charge in [0.25, 0.3) is 0 Å². The van der Waals surface area contributed by atoms with Gasteiger partial charge >= 0.3 is 18.0 Å². The summed E-state index contributed by atoms with van der Waals surface area (Å²) in [5.74, 6) is -2.68. The number of carbonyl (C=O) groups excluding carboxylic acids is 1. The summed E-state index contributed by atoms with van der Waals surface area (Å²) in [4.78, 5) is 45.7. The first kappa shape index (κ1) is 35.3. The average Bonchev–Trinajstić information content (AvgIpc) is 3.50. The lowest BCUT2D eigenvalue weighted by atomic mass is 10.0. The number of methoxy groups -OCH3 is 1. The smallest absolute Gasteiger partial charge is 0.416 e. The summed E-state index contributed by atoms with van der Waals surface area (Å²) in [6.45, 7) is 5.15. The number of halogens is 1. The van der Waals surface area contributed by atoms with Gasteiger partial charge in [-0.15, -0.1) is 0 Å². The third-order valence-corrected chi connectivity index (χ3v) is 7.28. The molecule has 0 radical (unpaired) electrons. The first-order valence-electron chi connectivity index (χ1n) is 15.4. The maximum Gasteiger partial charge on any atom is 0.416 e. The fraction of sp³-hybridized carbons (Fsp3) is 0.250. The number of imidazole rings is 1. The largest absolute Gasteiger partial charge is 0.495 e. The van der Waals surface area contributed by atoms with Crippen molar-refractivity contribution in [3.63, 3.8) is 0 Å². The molecule has 0 fully saturated rings. The van der Waals surface area contributed by atoms with E-state index in [-0.39, 0.29) is 49.1 Å². The molecule has 0 saturated carbocycles. The van der Waals surface area contributed by atoms with Crippen molar-refractivity contribution in [3.8, 4) is 33.9 Å². The molecule has 0 aliphatic heterocycles. The fourth-order valence-electron chi connectivity index (χ4n) is 4.91. The molecule has 2 aromatic carbocycles. The molecule has 5 rings (SSSR count). The molecule has 50 heavy (non-hydrogen) atoms. The Morgan fingerprint density at radius 2 is 1.52 bits per heavy atom. The molecule has 0 aliphatic rings. The van der Waals surface area contributed by atoms with E-state index in [2.05, 4.69) is 9.97 Å². The topological polar surface area (TPSA) is 162 Å². The van der Waals surface area contributed by atoms with Crippen LogP contribution in [-0.2, 0) is 9.47 Å². The third-order valence-electron chi connectivity index (χ3n) is 7.28. The molecule has 3 aromatic heterocycles. The zero-order valence-corrected chi connectivity index (χ0v) is 27.8. The Morgan fingerprint density at radius 3 is 2.18 bits per heavy atom. The van der Waals surface area contributed by atoms with Crippen LogP contribution >= 0.6 is 0 Å². The quantitative estimate of drug-likeness (QED) is 0.103. The van der Waals surface area contributed by atoms with Crippen molar-refractivity contribution in [2.24, 2.45) is 0 Å². The second-order valence-electron chi connectivity index (χ2n) is 12.0. The maximum absolute atomic E-state index is 15.5. The minimum absolute atomic E-state index is 0.00326. The summed E-state index contributed by atoms with van der Waals surface area (Å²) in [6.07, 6.45) is 2.96. The normalized spacial score (nSPS) is 11.3. The van der Waals surface area contributed by atoms with Crippen LogP contribution in [0.25, 0.3) is 28.0 Å². The first-order chi connectivity index (χ1) is 23.8. The second-order valence-corrected chi connectivity index (χ2v) is 12.0. The van der Waals surface area contributed by atoms with Gasteiger partial charge in [0.05, 0.1) is 49.9 Å². The number of rotatable bonds is 13. The summed E-state index contributed by atoms with van der Waals surface area (Å²) in [5.41, 5.74) is 1.55. The maximum atomic E-state index is 15.5. The van der Waals surface area contributed by atoms with E-state index in [4.69, 9.17) is 18.9 Å². The Balaban J connectivity index is 1.24. The van der Waals surface area contributed by atoms with Gasteiger partial charge in [0.2, 0.25) is 5.95 Å². The lowest BCUT2D eigenvalue weighted by Crippen LogP contribution is -2.39. The molecule has 3 heterocycles. The van der Waals surface area contributed by atoms with Crippen LogP contribution in [0, 0.1) is 5.95 Å². The van der Waals surface area contributed by atoms with Gasteiger partial charge in [0.1, 0.15) is 35.2 Å². The molecular weight excluding hydrogens is 651 g/mol. The number of hydrogen-bond donors (Lipinski definition) is 2. The number of ether oxygens (including phenoxy) is 4. The number of nitrogens with zero attached hydrogens (tertiary/aromatic N) is 4. The van der Waals surface area contributed by atoms with Gasteiger partial charge in [-0.05, 0) is 68.8 Å². The van der Waals surface area contributed by atoms with Crippen LogP contribution in [0.3, 0.4) is 0 Å². The number of aromatic carboxylic acids is 2. The van der Waals surface area contributed by atoms with Crippen LogP contribution in [0.4, 0.5) is 15.0 Å². The number of anilines is 1. The van der Waals surface area contributed by atoms with Crippen molar-refractivity contribution in [3.05, 3.63) is 96.2 Å². The Kier molecular flexibility index (Phi) is 10.6. The number of aromatic nitrogens is 3. The highest BCUT2D eigenvalue weighted by atomic mass is 19.1. The summed E-state index contributed by atoms with van der Waals surface area (Å²) >= 11 is 0. The molecule has 0 bridgehead atoms. The fourth-order valence-corrected chi connectivity index (χ4v) is 4.91. The summed E-state index contributed by atoms with van der Waals surface area (Å²) in [7, 11) is 1.60. The summed E-state index contributed by atoms with van der Waals surface area (Å²) in [5, 5.41) is 18.5. The predicted octanol–water partition coefficient (Wildman–Crippen LogP) is 6.44. The lowest BCUT2D eigenvalue weighted by Gasteiger charge is -2.27. The Morgan fingerprint density at radius 1 is 0.820 bits per heavy atom. The second kappa shape index (κ2) is 15.0. The minimum Gasteiger partial charge on any atom is -0.495 e. The van der Waals surface area contributed by atoms with E-state index in [1.165, 1.54) is 23.1 Å². The van der Waals surface area contributed by atoms with Crippen molar-refractivity contribution in [1.29, 1.82) is 0 Å². The van der Waals surface area contributed by atoms with Gasteiger partial charge in [0, 0.05) is 17.3 Å². The van der Waals surface area contributed by atoms with Crippen molar-refractivity contribution < 1.29 is 47.9 Å². The Hall–Kier alpha value is -6.02. The van der Waals surface area contributed by atoms with Crippen molar-refractivity contribution in [2.45, 2.75) is 26.4 Å². The van der Waals surface area contributed by atoms with Crippen LogP contribution in [0.5, 0.6) is 11.5 Å². The van der Waals surface area contributed by atoms with Crippen molar-refractivity contribution in [2.75, 3.05) is 38.4 Å². The highest BCUT2D eigenvalue weighted by Gasteiger charge is 2.25. The first-order valence-corrected chi connectivity index (χ1v) is 15.4. The summed E-state index contributed by atoms with van der Waals surface area (Å²) in [6, 6.07) is 17.6. The highest BCUT2D eigenvalue weighted by Crippen LogP contribution is 2.29. The minimum atomic E-state index is -1.40. The van der Waals surface area contributed by atoms with E-state index in [0.717, 1.165) is 29.0 Å². The number of benzene rings is 2. The molecule has 5 aromatic rings. The molecule has 0 saturated heterocycles. The van der Waals surface area contributed by atoms with Gasteiger partial charge in [0.15, 0.2) is 0 Å². The number of carbonyl (C=O) groups is 3. The molecule has 14 heteroatoms. The number of pyridine rings is 2. The molecule has 2 N–H and O–H groups in total. The van der Waals surface area contributed by atoms with E-state index in [0.29, 0.717) is 11.3 Å². The number of carboxylic acids is 2. The predicted molar refractivity (Wildman–Crippen MR) is 181 cm³/mol. The zero-order valence-electron chi connectivity index (χ0n) is 27.8. The van der Waals surface area contributed by atoms with Crippen LogP contribution in [-0.4, -0.2) is 81.7 Å². The van der Waals surface area contributed by atoms with Crippen molar-refractivity contribution >= 4 is 29.5 Å². The Labute approximate surface area is 286 Å². The number of hydrogen-bond acceptors (Lipinski definition) is 9. The van der Waals surface area contributed by atoms with Gasteiger partial charge in [-0.25, -0.2) is 24.4 Å². The number of carboxylic acid groups (broad SMARTS) is 2. The average molecular weight is 687 g/mol. The molecule has 0 spiro atoms. The Bertz CT molecular complexity index is 2020. The van der Waals surface area contributed by atoms with Crippen LogP contribution in [0.1, 0.15) is 41.5 Å². The molecule has 0 atom stereocenters. The zero-order chi connectivity index (χ0) is 36.0. The molecule has 0 aliphatic carbocycles. The van der Waals surface area contributed by atoms with Crippen LogP contribution < -0.4 is 14.4 Å². The van der Waals surface area contributed by atoms with Crippen LogP contribution in [0.2, 0.25) is 0 Å². The van der Waals surface area contributed by atoms with Gasteiger partial charge in [-0.2, -0.15) is 4.39 Å². The van der Waals surface area contributed by atoms with E-state index >= 15 is 4.39 Å². The van der Waals surface area contributed by atoms with Gasteiger partial charge in [-0.3, -0.25) is 4.90 Å². The standard InChI is InChI=1S/C36H35FN4O9/c1-36(2,3)50-35(46)41(15-16-48-17-18-49-24-9-11-27(33(42)43)28(19-24)34(44)45)31-14-12-26(32(37)39-31)22-5-7-23(8-6-22)29-21-40-20-25(47-4)10-13-30(40)38-29/h5-14,19-21H,15-18H2,1-4H3,(H,42,43)(H,44,45). The summed E-state index contributed by atoms with van der Waals surface area (Å²) < 4.78 is 39.3. The SMILES string of the molecule is COc1ccc2nc(-c3ccc(-c4ccc(N(CCOCCOc5ccc(C(=O)O)c(C(=O)O)c5)C(=O)OC(C)(C)C)nc4F)cc3)cn2c1. The van der Waals surface area contributed by atoms with Crippen molar-refractivity contribution in [1.82, 2.24) is 14.4 Å². The van der Waals surface area contributed by atoms with E-state index < -0.39 is 35.1 Å². The van der Waals surface area contributed by atoms with Gasteiger partial charge < -0.3 is 33.6 Å². The molecule has 260 valence electrons. The molecule has 0 unspecified atom stereocenters. The molecular formula is C36H35FN4O9. The van der Waals surface area contributed by atoms with E-state index in [9.17, 15) is 24.6 Å². The van der Waals surface area contributed by atoms with Gasteiger partial charge in [-0.1, -0.05) is 24.3 Å². The number of fused-ring (bicyclic) bond motifs is 1. The molecule has 13 nitrogen and oxygen atoms in total. The van der Waals surface area contributed by atoms with E-state index in [1.54, 1.807) is 40.0 Å². The third kappa shape index (κ3) is 8.52. The van der Waals surface area contributed by atoms with Crippen LogP contribution in [0.15, 0.2) is 79.1 Å².